The monoisotopic (exact) mass is 332 g/mol. The number of nitrogens with two attached hydrogens (primary N) is 1. The van der Waals surface area contributed by atoms with Gasteiger partial charge in [-0.25, -0.2) is 9.97 Å². The van der Waals surface area contributed by atoms with Crippen LogP contribution in [0.15, 0.2) is 6.20 Å². The fraction of sp³-hybridized carbons (Fsp3) is 0.647. The van der Waals surface area contributed by atoms with E-state index >= 15 is 0 Å². The van der Waals surface area contributed by atoms with Crippen molar-refractivity contribution in [2.75, 3.05) is 13.1 Å². The Bertz CT molecular complexity index is 641. The molecule has 130 valence electrons. The molecule has 2 fully saturated rings. The Morgan fingerprint density at radius 2 is 1.92 bits per heavy atom. The topological polar surface area (TPSA) is 98.4 Å². The molecule has 3 rings (SSSR count). The van der Waals surface area contributed by atoms with E-state index in [0.717, 1.165) is 25.0 Å². The summed E-state index contributed by atoms with van der Waals surface area (Å²) in [6.07, 6.45) is 4.60. The van der Waals surface area contributed by atoms with Crippen LogP contribution in [0.5, 0.6) is 0 Å². The van der Waals surface area contributed by atoms with Gasteiger partial charge in [-0.15, -0.1) is 0 Å². The van der Waals surface area contributed by atoms with Crippen molar-refractivity contribution < 1.29 is 14.3 Å². The number of nitrogens with zero attached hydrogens (tertiary/aromatic N) is 3. The maximum atomic E-state index is 12.7. The van der Waals surface area contributed by atoms with E-state index in [1.807, 2.05) is 18.7 Å². The number of hydrogen-bond donors (Lipinski definition) is 1. The number of amides is 2. The number of piperidine rings is 1. The normalized spacial score (nSPS) is 25.0. The van der Waals surface area contributed by atoms with E-state index in [9.17, 15) is 9.59 Å². The summed E-state index contributed by atoms with van der Waals surface area (Å²) in [5.41, 5.74) is 6.61. The molecule has 2 saturated heterocycles. The average molecular weight is 332 g/mol. The number of carbonyl (C=O) groups excluding carboxylic acids is 2. The highest BCUT2D eigenvalue weighted by molar-refractivity contribution is 5.95. The van der Waals surface area contributed by atoms with Crippen molar-refractivity contribution in [1.29, 1.82) is 0 Å². The minimum absolute atomic E-state index is 0.00620. The largest absolute Gasteiger partial charge is 0.367 e. The lowest BCUT2D eigenvalue weighted by Crippen LogP contribution is -2.42. The second kappa shape index (κ2) is 6.84. The number of carbonyl (C=O) groups is 2. The van der Waals surface area contributed by atoms with Crippen LogP contribution >= 0.6 is 0 Å². The van der Waals surface area contributed by atoms with E-state index in [1.165, 1.54) is 0 Å². The Morgan fingerprint density at radius 3 is 2.50 bits per heavy atom. The maximum Gasteiger partial charge on any atom is 0.257 e. The third-order valence-corrected chi connectivity index (χ3v) is 5.05. The first-order valence-corrected chi connectivity index (χ1v) is 8.50. The molecule has 1 aromatic heterocycles. The molecule has 2 aliphatic rings. The van der Waals surface area contributed by atoms with Crippen molar-refractivity contribution in [3.63, 3.8) is 0 Å². The summed E-state index contributed by atoms with van der Waals surface area (Å²) >= 11 is 0. The smallest absolute Gasteiger partial charge is 0.257 e. The second-order valence-electron chi connectivity index (χ2n) is 6.69. The lowest BCUT2D eigenvalue weighted by atomic mass is 9.89. The first-order valence-electron chi connectivity index (χ1n) is 8.50. The van der Waals surface area contributed by atoms with E-state index < -0.39 is 6.10 Å². The minimum Gasteiger partial charge on any atom is -0.367 e. The number of aromatic nitrogens is 2. The molecule has 7 heteroatoms. The molecule has 0 aliphatic carbocycles. The third kappa shape index (κ3) is 3.40. The molecule has 0 spiro atoms. The second-order valence-corrected chi connectivity index (χ2v) is 6.69. The molecular weight excluding hydrogens is 308 g/mol. The van der Waals surface area contributed by atoms with Gasteiger partial charge in [-0.1, -0.05) is 0 Å². The first-order chi connectivity index (χ1) is 11.5. The molecule has 2 aliphatic heterocycles. The summed E-state index contributed by atoms with van der Waals surface area (Å²) in [7, 11) is 0. The zero-order chi connectivity index (χ0) is 17.3. The summed E-state index contributed by atoms with van der Waals surface area (Å²) in [6, 6.07) is 0. The standard InChI is InChI=1S/C17H24N4O3/c1-10-13(9-19-11(2)20-10)17(23)21-7-5-12(6-8-21)14-3-4-15(24-14)16(18)22/h9,12,14-15H,3-8H2,1-2H3,(H2,18,22)/t14-,15+/m0/s1. The van der Waals surface area contributed by atoms with Crippen LogP contribution in [0.1, 0.15) is 47.6 Å². The van der Waals surface area contributed by atoms with Crippen LogP contribution in [-0.4, -0.2) is 52.0 Å². The first kappa shape index (κ1) is 16.8. The Kier molecular flexibility index (Phi) is 4.80. The number of rotatable bonds is 3. The van der Waals surface area contributed by atoms with Gasteiger partial charge in [-0.3, -0.25) is 9.59 Å². The highest BCUT2D eigenvalue weighted by Gasteiger charge is 2.36. The zero-order valence-corrected chi connectivity index (χ0v) is 14.2. The Labute approximate surface area is 141 Å². The number of ether oxygens (including phenoxy) is 1. The molecule has 7 nitrogen and oxygen atoms in total. The van der Waals surface area contributed by atoms with Crippen LogP contribution in [-0.2, 0) is 9.53 Å². The number of hydrogen-bond acceptors (Lipinski definition) is 5. The highest BCUT2D eigenvalue weighted by Crippen LogP contribution is 2.32. The SMILES string of the molecule is Cc1ncc(C(=O)N2CCC([C@@H]3CC[C@H](C(N)=O)O3)CC2)c(C)n1. The zero-order valence-electron chi connectivity index (χ0n) is 14.2. The molecule has 24 heavy (non-hydrogen) atoms. The Hall–Kier alpha value is -2.02. The van der Waals surface area contributed by atoms with Gasteiger partial charge in [0.15, 0.2) is 0 Å². The molecule has 0 saturated carbocycles. The molecule has 2 amide bonds. The predicted octanol–water partition coefficient (Wildman–Crippen LogP) is 0.979. The Morgan fingerprint density at radius 1 is 1.21 bits per heavy atom. The van der Waals surface area contributed by atoms with Gasteiger partial charge in [-0.2, -0.15) is 0 Å². The van der Waals surface area contributed by atoms with Gasteiger partial charge in [0, 0.05) is 19.3 Å². The van der Waals surface area contributed by atoms with Gasteiger partial charge in [0.05, 0.1) is 17.4 Å². The van der Waals surface area contributed by atoms with E-state index in [2.05, 4.69) is 9.97 Å². The van der Waals surface area contributed by atoms with Gasteiger partial charge in [0.1, 0.15) is 11.9 Å². The van der Waals surface area contributed by atoms with Crippen molar-refractivity contribution in [3.8, 4) is 0 Å². The van der Waals surface area contributed by atoms with Gasteiger partial charge in [-0.05, 0) is 45.4 Å². The van der Waals surface area contributed by atoms with Crippen molar-refractivity contribution in [2.24, 2.45) is 11.7 Å². The summed E-state index contributed by atoms with van der Waals surface area (Å²) in [4.78, 5) is 34.1. The van der Waals surface area contributed by atoms with Crippen LogP contribution in [0, 0.1) is 19.8 Å². The van der Waals surface area contributed by atoms with Crippen LogP contribution in [0.25, 0.3) is 0 Å². The van der Waals surface area contributed by atoms with Crippen molar-refractivity contribution >= 4 is 11.8 Å². The molecule has 1 aromatic rings. The molecule has 2 N–H and O–H groups in total. The van der Waals surface area contributed by atoms with E-state index in [-0.39, 0.29) is 17.9 Å². The maximum absolute atomic E-state index is 12.7. The molecule has 0 unspecified atom stereocenters. The summed E-state index contributed by atoms with van der Waals surface area (Å²) in [5.74, 6) is 0.673. The van der Waals surface area contributed by atoms with Crippen LogP contribution < -0.4 is 5.73 Å². The summed E-state index contributed by atoms with van der Waals surface area (Å²) in [6.45, 7) is 5.04. The van der Waals surface area contributed by atoms with Crippen LogP contribution in [0.4, 0.5) is 0 Å². The quantitative estimate of drug-likeness (QED) is 0.889. The van der Waals surface area contributed by atoms with Gasteiger partial charge >= 0.3 is 0 Å². The minimum atomic E-state index is -0.443. The lowest BCUT2D eigenvalue weighted by Gasteiger charge is -2.34. The molecule has 0 aromatic carbocycles. The van der Waals surface area contributed by atoms with Gasteiger partial charge < -0.3 is 15.4 Å². The van der Waals surface area contributed by atoms with E-state index in [1.54, 1.807) is 6.20 Å². The summed E-state index contributed by atoms with van der Waals surface area (Å²) in [5, 5.41) is 0. The molecule has 2 atom stereocenters. The fourth-order valence-electron chi connectivity index (χ4n) is 3.66. The van der Waals surface area contributed by atoms with Crippen LogP contribution in [0.2, 0.25) is 0 Å². The van der Waals surface area contributed by atoms with Gasteiger partial charge in [0.2, 0.25) is 5.91 Å². The third-order valence-electron chi connectivity index (χ3n) is 5.05. The number of likely N-dealkylation sites (tertiary alicyclic amines) is 1. The lowest BCUT2D eigenvalue weighted by molar-refractivity contribution is -0.130. The van der Waals surface area contributed by atoms with Crippen molar-refractivity contribution in [2.45, 2.75) is 51.7 Å². The van der Waals surface area contributed by atoms with Gasteiger partial charge in [0.25, 0.3) is 5.91 Å². The Balaban J connectivity index is 1.57. The fourth-order valence-corrected chi connectivity index (χ4v) is 3.66. The number of aryl methyl sites for hydroxylation is 2. The number of primary amides is 1. The highest BCUT2D eigenvalue weighted by atomic mass is 16.5. The average Bonchev–Trinajstić information content (AvgIpc) is 3.05. The molecule has 0 radical (unpaired) electrons. The predicted molar refractivity (Wildman–Crippen MR) is 87.2 cm³/mol. The molecular formula is C17H24N4O3. The van der Waals surface area contributed by atoms with Crippen LogP contribution in [0.3, 0.4) is 0 Å². The molecule has 0 bridgehead atoms. The van der Waals surface area contributed by atoms with Crippen molar-refractivity contribution in [1.82, 2.24) is 14.9 Å². The van der Waals surface area contributed by atoms with Crippen molar-refractivity contribution in [3.05, 3.63) is 23.3 Å². The summed E-state index contributed by atoms with van der Waals surface area (Å²) < 4.78 is 5.78. The van der Waals surface area contributed by atoms with E-state index in [4.69, 9.17) is 10.5 Å². The molecule has 3 heterocycles. The van der Waals surface area contributed by atoms with E-state index in [0.29, 0.717) is 36.8 Å².